The Morgan fingerprint density at radius 1 is 1.14 bits per heavy atom. The van der Waals surface area contributed by atoms with E-state index >= 15 is 0 Å². The Balaban J connectivity index is 1.99. The van der Waals surface area contributed by atoms with Crippen molar-refractivity contribution in [3.8, 4) is 0 Å². The number of hydrogen-bond acceptors (Lipinski definition) is 0. The van der Waals surface area contributed by atoms with Crippen molar-refractivity contribution in [3.63, 3.8) is 0 Å². The molecule has 22 heavy (non-hydrogen) atoms. The highest BCUT2D eigenvalue weighted by atomic mass is 28.3. The van der Waals surface area contributed by atoms with Gasteiger partial charge in [0, 0.05) is 0 Å². The maximum atomic E-state index is 2.54. The van der Waals surface area contributed by atoms with E-state index in [-0.39, 0.29) is 5.41 Å². The molecule has 116 valence electrons. The number of allylic oxidation sites excluding steroid dienone is 5. The Labute approximate surface area is 136 Å². The average molecular weight is 309 g/mol. The summed E-state index contributed by atoms with van der Waals surface area (Å²) in [7, 11) is -1.55. The van der Waals surface area contributed by atoms with E-state index in [9.17, 15) is 0 Å². The molecule has 0 amide bonds. The molecule has 0 bridgehead atoms. The molecular weight excluding hydrogens is 280 g/mol. The van der Waals surface area contributed by atoms with Gasteiger partial charge in [-0.2, -0.15) is 0 Å². The fraction of sp³-hybridized carbons (Fsp3) is 0.429. The molecule has 0 fully saturated rings. The van der Waals surface area contributed by atoms with Gasteiger partial charge in [-0.05, 0) is 41.0 Å². The minimum atomic E-state index is -1.55. The van der Waals surface area contributed by atoms with Crippen LogP contribution in [0.15, 0.2) is 47.6 Å². The van der Waals surface area contributed by atoms with Crippen LogP contribution < -0.4 is 5.19 Å². The first kappa shape index (κ1) is 15.5. The van der Waals surface area contributed by atoms with Gasteiger partial charge in [0.2, 0.25) is 0 Å². The van der Waals surface area contributed by atoms with Crippen molar-refractivity contribution >= 4 is 19.3 Å². The van der Waals surface area contributed by atoms with Gasteiger partial charge < -0.3 is 0 Å². The van der Waals surface area contributed by atoms with Crippen molar-refractivity contribution in [2.75, 3.05) is 0 Å². The Morgan fingerprint density at radius 3 is 2.50 bits per heavy atom. The lowest BCUT2D eigenvalue weighted by molar-refractivity contribution is 0.518. The summed E-state index contributed by atoms with van der Waals surface area (Å²) in [4.78, 5) is 0. The SMILES string of the molecule is CC1=Cc2cccc([Si](C)(C)C3C=CC(C(C)(C)C)=C3)c2C1. The van der Waals surface area contributed by atoms with E-state index in [1.165, 1.54) is 16.7 Å². The molecule has 2 aliphatic rings. The van der Waals surface area contributed by atoms with Crippen molar-refractivity contribution in [2.24, 2.45) is 5.41 Å². The predicted octanol–water partition coefficient (Wildman–Crippen LogP) is 5.47. The van der Waals surface area contributed by atoms with Crippen LogP contribution in [-0.2, 0) is 6.42 Å². The molecule has 1 aromatic rings. The van der Waals surface area contributed by atoms with E-state index in [4.69, 9.17) is 0 Å². The molecule has 2 aliphatic carbocycles. The van der Waals surface area contributed by atoms with Crippen LogP contribution in [0.3, 0.4) is 0 Å². The third kappa shape index (κ3) is 2.56. The summed E-state index contributed by atoms with van der Waals surface area (Å²) in [6.45, 7) is 14.3. The van der Waals surface area contributed by atoms with Gasteiger partial charge in [-0.3, -0.25) is 0 Å². The van der Waals surface area contributed by atoms with Crippen LogP contribution >= 0.6 is 0 Å². The van der Waals surface area contributed by atoms with Crippen LogP contribution in [0.25, 0.3) is 6.08 Å². The third-order valence-corrected chi connectivity index (χ3v) is 9.19. The third-order valence-electron chi connectivity index (χ3n) is 5.31. The lowest BCUT2D eigenvalue weighted by Gasteiger charge is -2.30. The fourth-order valence-corrected chi connectivity index (χ4v) is 6.85. The highest BCUT2D eigenvalue weighted by Crippen LogP contribution is 2.39. The van der Waals surface area contributed by atoms with Crippen LogP contribution in [0.1, 0.15) is 38.8 Å². The first-order valence-electron chi connectivity index (χ1n) is 8.39. The van der Waals surface area contributed by atoms with Gasteiger partial charge >= 0.3 is 0 Å². The largest absolute Gasteiger partial charge is 0.0915 e. The fourth-order valence-electron chi connectivity index (χ4n) is 3.78. The van der Waals surface area contributed by atoms with E-state index in [1.807, 2.05) is 0 Å². The highest BCUT2D eigenvalue weighted by molar-refractivity contribution is 6.92. The van der Waals surface area contributed by atoms with E-state index in [1.54, 1.807) is 10.8 Å². The molecule has 0 saturated heterocycles. The van der Waals surface area contributed by atoms with Crippen molar-refractivity contribution in [1.29, 1.82) is 0 Å². The second-order valence-corrected chi connectivity index (χ2v) is 13.2. The second kappa shape index (κ2) is 5.09. The molecule has 0 heterocycles. The molecular formula is C21H28Si. The van der Waals surface area contributed by atoms with Gasteiger partial charge in [-0.1, -0.05) is 87.1 Å². The quantitative estimate of drug-likeness (QED) is 0.635. The zero-order valence-corrected chi connectivity index (χ0v) is 15.8. The summed E-state index contributed by atoms with van der Waals surface area (Å²) >= 11 is 0. The molecule has 0 aliphatic heterocycles. The zero-order chi connectivity index (χ0) is 16.1. The van der Waals surface area contributed by atoms with Gasteiger partial charge in [0.25, 0.3) is 0 Å². The van der Waals surface area contributed by atoms with Crippen LogP contribution in [-0.4, -0.2) is 8.07 Å². The molecule has 0 radical (unpaired) electrons. The Kier molecular flexibility index (Phi) is 3.60. The van der Waals surface area contributed by atoms with E-state index < -0.39 is 8.07 Å². The van der Waals surface area contributed by atoms with Crippen molar-refractivity contribution in [2.45, 2.75) is 52.8 Å². The first-order valence-corrected chi connectivity index (χ1v) is 11.5. The molecule has 0 spiro atoms. The minimum absolute atomic E-state index is 0.256. The predicted molar refractivity (Wildman–Crippen MR) is 101 cm³/mol. The molecule has 0 saturated carbocycles. The molecule has 0 nitrogen and oxygen atoms in total. The maximum absolute atomic E-state index is 2.54. The topological polar surface area (TPSA) is 0 Å². The number of benzene rings is 1. The Bertz CT molecular complexity index is 693. The summed E-state index contributed by atoms with van der Waals surface area (Å²) in [5, 5.41) is 1.65. The summed E-state index contributed by atoms with van der Waals surface area (Å²) in [5.74, 6) is 0. The van der Waals surface area contributed by atoms with Crippen molar-refractivity contribution in [3.05, 3.63) is 58.7 Å². The van der Waals surface area contributed by atoms with Crippen molar-refractivity contribution < 1.29 is 0 Å². The highest BCUT2D eigenvalue weighted by Gasteiger charge is 2.36. The van der Waals surface area contributed by atoms with Gasteiger partial charge in [-0.25, -0.2) is 0 Å². The number of rotatable bonds is 2. The average Bonchev–Trinajstić information content (AvgIpc) is 3.02. The van der Waals surface area contributed by atoms with Crippen LogP contribution in [0.5, 0.6) is 0 Å². The Morgan fingerprint density at radius 2 is 1.86 bits per heavy atom. The van der Waals surface area contributed by atoms with Crippen LogP contribution in [0, 0.1) is 5.41 Å². The molecule has 1 atom stereocenters. The minimum Gasteiger partial charge on any atom is -0.0797 e. The number of fused-ring (bicyclic) bond motifs is 1. The normalized spacial score (nSPS) is 20.9. The summed E-state index contributed by atoms with van der Waals surface area (Å²) in [6, 6.07) is 6.93. The molecule has 1 unspecified atom stereocenters. The number of hydrogen-bond donors (Lipinski definition) is 0. The van der Waals surface area contributed by atoms with Crippen LogP contribution in [0.2, 0.25) is 18.6 Å². The van der Waals surface area contributed by atoms with Gasteiger partial charge in [-0.15, -0.1) is 0 Å². The van der Waals surface area contributed by atoms with Gasteiger partial charge in [0.1, 0.15) is 0 Å². The smallest absolute Gasteiger partial charge is 0.0797 e. The maximum Gasteiger partial charge on any atom is 0.0915 e. The van der Waals surface area contributed by atoms with Crippen molar-refractivity contribution in [1.82, 2.24) is 0 Å². The first-order chi connectivity index (χ1) is 10.2. The molecule has 0 N–H and O–H groups in total. The van der Waals surface area contributed by atoms with E-state index in [0.29, 0.717) is 5.54 Å². The lowest BCUT2D eigenvalue weighted by Crippen LogP contribution is -2.46. The van der Waals surface area contributed by atoms with E-state index in [0.717, 1.165) is 6.42 Å². The van der Waals surface area contributed by atoms with Crippen LogP contribution in [0.4, 0.5) is 0 Å². The lowest BCUT2D eigenvalue weighted by atomic mass is 9.87. The molecule has 1 heteroatoms. The second-order valence-electron chi connectivity index (χ2n) is 8.52. The van der Waals surface area contributed by atoms with Gasteiger partial charge in [0.15, 0.2) is 0 Å². The summed E-state index contributed by atoms with van der Waals surface area (Å²) < 4.78 is 0. The summed E-state index contributed by atoms with van der Waals surface area (Å²) in [5.41, 5.74) is 6.93. The monoisotopic (exact) mass is 308 g/mol. The molecule has 3 rings (SSSR count). The zero-order valence-electron chi connectivity index (χ0n) is 14.8. The molecule has 0 aromatic heterocycles. The van der Waals surface area contributed by atoms with Gasteiger partial charge in [0.05, 0.1) is 8.07 Å². The standard InChI is InChI=1S/C21H28Si/c1-15-12-16-8-7-9-20(19(16)13-15)22(5,6)18-11-10-17(14-18)21(2,3)4/h7-12,14,18H,13H2,1-6H3. The Hall–Kier alpha value is -1.34. The molecule has 1 aromatic carbocycles. The summed E-state index contributed by atoms with van der Waals surface area (Å²) in [6.07, 6.45) is 10.9. The van der Waals surface area contributed by atoms with E-state index in [2.05, 4.69) is 83.3 Å².